The molecule has 1 heterocycles. The van der Waals surface area contributed by atoms with Crippen LogP contribution in [0.2, 0.25) is 0 Å². The number of nitrogens with one attached hydrogen (secondary N) is 1. The second kappa shape index (κ2) is 10.6. The van der Waals surface area contributed by atoms with E-state index in [1.54, 1.807) is 54.9 Å². The van der Waals surface area contributed by atoms with Gasteiger partial charge in [0, 0.05) is 24.5 Å². The average Bonchev–Trinajstić information content (AvgIpc) is 3.16. The molecule has 0 spiro atoms. The van der Waals surface area contributed by atoms with Gasteiger partial charge in [-0.25, -0.2) is 17.9 Å². The molecule has 2 aromatic carbocycles. The standard InChI is InChI=1S/C24H28N4O5S/c1-5-27(6-2)34(31,32)22-9-7-8-20(15-22)25-23(29)16-33-24(30)19-10-12-21(13-11-19)28-18(4)14-17(3)26-28/h7-15H,5-6,16H2,1-4H3,(H,25,29). The molecule has 3 aromatic rings. The molecule has 0 aliphatic heterocycles. The van der Waals surface area contributed by atoms with Crippen molar-refractivity contribution in [3.8, 4) is 5.69 Å². The molecule has 1 amide bonds. The molecule has 0 aliphatic rings. The third-order valence-corrected chi connectivity index (χ3v) is 7.20. The first kappa shape index (κ1) is 25.1. The Labute approximate surface area is 199 Å². The lowest BCUT2D eigenvalue weighted by atomic mass is 10.2. The summed E-state index contributed by atoms with van der Waals surface area (Å²) in [6.45, 7) is 7.53. The highest BCUT2D eigenvalue weighted by Crippen LogP contribution is 2.19. The summed E-state index contributed by atoms with van der Waals surface area (Å²) in [5, 5.41) is 6.97. The number of aryl methyl sites for hydroxylation is 2. The van der Waals surface area contributed by atoms with Crippen LogP contribution in [0.1, 0.15) is 35.6 Å². The van der Waals surface area contributed by atoms with E-state index < -0.39 is 28.5 Å². The summed E-state index contributed by atoms with van der Waals surface area (Å²) < 4.78 is 33.6. The fourth-order valence-electron chi connectivity index (χ4n) is 3.49. The lowest BCUT2D eigenvalue weighted by molar-refractivity contribution is -0.119. The van der Waals surface area contributed by atoms with E-state index in [-0.39, 0.29) is 4.90 Å². The monoisotopic (exact) mass is 484 g/mol. The zero-order valence-electron chi connectivity index (χ0n) is 19.6. The predicted octanol–water partition coefficient (Wildman–Crippen LogP) is 3.32. The van der Waals surface area contributed by atoms with E-state index in [9.17, 15) is 18.0 Å². The molecule has 0 aliphatic carbocycles. The van der Waals surface area contributed by atoms with Gasteiger partial charge in [-0.15, -0.1) is 0 Å². The lowest BCUT2D eigenvalue weighted by Gasteiger charge is -2.18. The molecule has 0 unspecified atom stereocenters. The second-order valence-corrected chi connectivity index (χ2v) is 9.57. The molecule has 0 bridgehead atoms. The number of carbonyl (C=O) groups excluding carboxylic acids is 2. The van der Waals surface area contributed by atoms with Gasteiger partial charge in [-0.3, -0.25) is 4.79 Å². The number of benzene rings is 2. The van der Waals surface area contributed by atoms with Gasteiger partial charge in [0.05, 0.1) is 21.8 Å². The second-order valence-electron chi connectivity index (χ2n) is 7.63. The number of nitrogens with zero attached hydrogens (tertiary/aromatic N) is 3. The maximum Gasteiger partial charge on any atom is 0.338 e. The van der Waals surface area contributed by atoms with E-state index in [1.165, 1.54) is 16.4 Å². The Morgan fingerprint density at radius 2 is 1.71 bits per heavy atom. The average molecular weight is 485 g/mol. The van der Waals surface area contributed by atoms with E-state index in [0.717, 1.165) is 17.1 Å². The third-order valence-electron chi connectivity index (χ3n) is 5.15. The number of sulfonamides is 1. The smallest absolute Gasteiger partial charge is 0.338 e. The van der Waals surface area contributed by atoms with Crippen LogP contribution in [-0.2, 0) is 19.6 Å². The highest BCUT2D eigenvalue weighted by atomic mass is 32.2. The van der Waals surface area contributed by atoms with Gasteiger partial charge in [-0.05, 0) is 62.4 Å². The van der Waals surface area contributed by atoms with Crippen LogP contribution in [0.4, 0.5) is 5.69 Å². The normalized spacial score (nSPS) is 11.4. The van der Waals surface area contributed by atoms with Crippen molar-refractivity contribution in [3.05, 3.63) is 71.5 Å². The molecular formula is C24H28N4O5S. The van der Waals surface area contributed by atoms with E-state index >= 15 is 0 Å². The molecule has 34 heavy (non-hydrogen) atoms. The topological polar surface area (TPSA) is 111 Å². The summed E-state index contributed by atoms with van der Waals surface area (Å²) >= 11 is 0. The number of hydrogen-bond donors (Lipinski definition) is 1. The van der Waals surface area contributed by atoms with Crippen molar-refractivity contribution in [3.63, 3.8) is 0 Å². The van der Waals surface area contributed by atoms with Gasteiger partial charge < -0.3 is 10.1 Å². The molecular weight excluding hydrogens is 456 g/mol. The highest BCUT2D eigenvalue weighted by Gasteiger charge is 2.22. The molecule has 1 N–H and O–H groups in total. The van der Waals surface area contributed by atoms with E-state index in [1.807, 2.05) is 19.9 Å². The Kier molecular flexibility index (Phi) is 7.85. The molecule has 3 rings (SSSR count). The SMILES string of the molecule is CCN(CC)S(=O)(=O)c1cccc(NC(=O)COC(=O)c2ccc(-n3nc(C)cc3C)cc2)c1. The minimum absolute atomic E-state index is 0.0775. The number of esters is 1. The number of carbonyl (C=O) groups is 2. The van der Waals surface area contributed by atoms with E-state index in [0.29, 0.717) is 24.3 Å². The first-order valence-electron chi connectivity index (χ1n) is 10.9. The van der Waals surface area contributed by atoms with Crippen LogP contribution in [0.3, 0.4) is 0 Å². The number of amides is 1. The molecule has 0 atom stereocenters. The van der Waals surface area contributed by atoms with Crippen molar-refractivity contribution >= 4 is 27.6 Å². The summed E-state index contributed by atoms with van der Waals surface area (Å²) in [6, 6.07) is 14.6. The number of ether oxygens (including phenoxy) is 1. The van der Waals surface area contributed by atoms with Crippen LogP contribution in [0.15, 0.2) is 59.5 Å². The van der Waals surface area contributed by atoms with Gasteiger partial charge in [-0.2, -0.15) is 9.40 Å². The maximum absolute atomic E-state index is 12.7. The van der Waals surface area contributed by atoms with Crippen LogP contribution in [-0.4, -0.2) is 54.1 Å². The fraction of sp³-hybridized carbons (Fsp3) is 0.292. The van der Waals surface area contributed by atoms with Crippen LogP contribution in [0, 0.1) is 13.8 Å². The summed E-state index contributed by atoms with van der Waals surface area (Å²) in [7, 11) is -3.66. The summed E-state index contributed by atoms with van der Waals surface area (Å²) in [5.74, 6) is -1.22. The fourth-order valence-corrected chi connectivity index (χ4v) is 4.99. The summed E-state index contributed by atoms with van der Waals surface area (Å²) in [6.07, 6.45) is 0. The molecule has 180 valence electrons. The first-order chi connectivity index (χ1) is 16.1. The molecule has 9 nitrogen and oxygen atoms in total. The number of rotatable bonds is 9. The number of hydrogen-bond acceptors (Lipinski definition) is 6. The largest absolute Gasteiger partial charge is 0.452 e. The number of anilines is 1. The Morgan fingerprint density at radius 1 is 1.03 bits per heavy atom. The summed E-state index contributed by atoms with van der Waals surface area (Å²) in [5.41, 5.74) is 3.26. The highest BCUT2D eigenvalue weighted by molar-refractivity contribution is 7.89. The van der Waals surface area contributed by atoms with E-state index in [2.05, 4.69) is 10.4 Å². The van der Waals surface area contributed by atoms with Crippen molar-refractivity contribution in [1.29, 1.82) is 0 Å². The maximum atomic E-state index is 12.7. The van der Waals surface area contributed by atoms with Gasteiger partial charge >= 0.3 is 5.97 Å². The quantitative estimate of drug-likeness (QED) is 0.467. The minimum Gasteiger partial charge on any atom is -0.452 e. The van der Waals surface area contributed by atoms with E-state index in [4.69, 9.17) is 4.74 Å². The van der Waals surface area contributed by atoms with Gasteiger partial charge in [-0.1, -0.05) is 19.9 Å². The zero-order valence-corrected chi connectivity index (χ0v) is 20.4. The Hall–Kier alpha value is -3.50. The van der Waals surface area contributed by atoms with Crippen LogP contribution in [0.25, 0.3) is 5.69 Å². The Bertz CT molecular complexity index is 1280. The molecule has 0 fully saturated rings. The van der Waals surface area contributed by atoms with Crippen LogP contribution >= 0.6 is 0 Å². The molecule has 10 heteroatoms. The van der Waals surface area contributed by atoms with Gasteiger partial charge in [0.1, 0.15) is 0 Å². The Balaban J connectivity index is 1.60. The van der Waals surface area contributed by atoms with Gasteiger partial charge in [0.15, 0.2) is 6.61 Å². The van der Waals surface area contributed by atoms with Gasteiger partial charge in [0.25, 0.3) is 5.91 Å². The number of aromatic nitrogens is 2. The zero-order chi connectivity index (χ0) is 24.9. The van der Waals surface area contributed by atoms with Gasteiger partial charge in [0.2, 0.25) is 10.0 Å². The van der Waals surface area contributed by atoms with Crippen LogP contribution in [0.5, 0.6) is 0 Å². The predicted molar refractivity (Wildman–Crippen MR) is 128 cm³/mol. The van der Waals surface area contributed by atoms with Crippen LogP contribution < -0.4 is 5.32 Å². The van der Waals surface area contributed by atoms with Crippen molar-refractivity contribution in [1.82, 2.24) is 14.1 Å². The molecule has 0 radical (unpaired) electrons. The summed E-state index contributed by atoms with van der Waals surface area (Å²) in [4.78, 5) is 24.7. The lowest BCUT2D eigenvalue weighted by Crippen LogP contribution is -2.30. The van der Waals surface area contributed by atoms with Crippen molar-refractivity contribution in [2.24, 2.45) is 0 Å². The third kappa shape index (κ3) is 5.70. The minimum atomic E-state index is -3.66. The first-order valence-corrected chi connectivity index (χ1v) is 12.3. The Morgan fingerprint density at radius 3 is 2.29 bits per heavy atom. The molecule has 1 aromatic heterocycles. The van der Waals surface area contributed by atoms with Crippen molar-refractivity contribution in [2.75, 3.05) is 25.0 Å². The van der Waals surface area contributed by atoms with Crippen molar-refractivity contribution < 1.29 is 22.7 Å². The van der Waals surface area contributed by atoms with Crippen molar-refractivity contribution in [2.45, 2.75) is 32.6 Å². The molecule has 0 saturated carbocycles. The molecule has 0 saturated heterocycles.